The molecule has 0 aromatic rings. The van der Waals surface area contributed by atoms with Gasteiger partial charge in [0.2, 0.25) is 5.91 Å². The lowest BCUT2D eigenvalue weighted by atomic mass is 9.80. The van der Waals surface area contributed by atoms with E-state index in [2.05, 4.69) is 48.9 Å². The van der Waals surface area contributed by atoms with Crippen LogP contribution in [0.3, 0.4) is 0 Å². The predicted molar refractivity (Wildman–Crippen MR) is 70.8 cm³/mol. The van der Waals surface area contributed by atoms with Crippen LogP contribution in [0.2, 0.25) is 0 Å². The van der Waals surface area contributed by atoms with Gasteiger partial charge in [-0.3, -0.25) is 4.79 Å². The molecular formula is C12H24BrNO2. The number of amides is 1. The summed E-state index contributed by atoms with van der Waals surface area (Å²) in [7, 11) is 1.65. The van der Waals surface area contributed by atoms with Crippen LogP contribution in [-0.4, -0.2) is 31.0 Å². The first kappa shape index (κ1) is 15.9. The van der Waals surface area contributed by atoms with Crippen LogP contribution in [0.5, 0.6) is 0 Å². The zero-order valence-corrected chi connectivity index (χ0v) is 12.6. The highest BCUT2D eigenvalue weighted by Crippen LogP contribution is 2.27. The highest BCUT2D eigenvalue weighted by Gasteiger charge is 2.22. The van der Waals surface area contributed by atoms with E-state index in [1.165, 1.54) is 0 Å². The Morgan fingerprint density at radius 3 is 2.44 bits per heavy atom. The minimum atomic E-state index is 0.114. The summed E-state index contributed by atoms with van der Waals surface area (Å²) in [6.07, 6.45) is 0.580. The van der Waals surface area contributed by atoms with Crippen LogP contribution in [0.15, 0.2) is 0 Å². The molecule has 3 nitrogen and oxygen atoms in total. The molecule has 2 unspecified atom stereocenters. The van der Waals surface area contributed by atoms with Crippen LogP contribution >= 0.6 is 15.9 Å². The molecule has 0 spiro atoms. The summed E-state index contributed by atoms with van der Waals surface area (Å²) < 4.78 is 4.97. The van der Waals surface area contributed by atoms with Gasteiger partial charge in [-0.15, -0.1) is 0 Å². The molecule has 16 heavy (non-hydrogen) atoms. The van der Waals surface area contributed by atoms with Crippen LogP contribution in [0.4, 0.5) is 0 Å². The number of hydrogen-bond acceptors (Lipinski definition) is 2. The maximum atomic E-state index is 11.6. The first-order valence-electron chi connectivity index (χ1n) is 5.67. The molecule has 0 aliphatic carbocycles. The molecule has 4 heteroatoms. The SMILES string of the molecule is COCC(Br)CNC(=O)CC(C)C(C)(C)C. The molecule has 96 valence electrons. The van der Waals surface area contributed by atoms with Crippen molar-refractivity contribution < 1.29 is 9.53 Å². The molecule has 0 fully saturated rings. The van der Waals surface area contributed by atoms with Gasteiger partial charge in [-0.1, -0.05) is 43.6 Å². The van der Waals surface area contributed by atoms with E-state index in [4.69, 9.17) is 4.74 Å². The second-order valence-corrected chi connectivity index (χ2v) is 6.62. The van der Waals surface area contributed by atoms with E-state index in [0.29, 0.717) is 25.5 Å². The molecule has 0 saturated carbocycles. The third-order valence-corrected chi connectivity index (χ3v) is 3.43. The summed E-state index contributed by atoms with van der Waals surface area (Å²) in [5.74, 6) is 0.492. The van der Waals surface area contributed by atoms with E-state index in [0.717, 1.165) is 0 Å². The topological polar surface area (TPSA) is 38.3 Å². The Labute approximate surface area is 107 Å². The number of hydrogen-bond donors (Lipinski definition) is 1. The molecule has 0 aromatic heterocycles. The van der Waals surface area contributed by atoms with Crippen molar-refractivity contribution in [3.8, 4) is 0 Å². The molecule has 0 rings (SSSR count). The zero-order chi connectivity index (χ0) is 12.8. The molecule has 0 radical (unpaired) electrons. The quantitative estimate of drug-likeness (QED) is 0.765. The standard InChI is InChI=1S/C12H24BrNO2/c1-9(12(2,3)4)6-11(15)14-7-10(13)8-16-5/h9-10H,6-8H2,1-5H3,(H,14,15). The average molecular weight is 294 g/mol. The molecule has 0 aromatic carbocycles. The van der Waals surface area contributed by atoms with E-state index in [-0.39, 0.29) is 16.1 Å². The fourth-order valence-corrected chi connectivity index (χ4v) is 1.55. The average Bonchev–Trinajstić information content (AvgIpc) is 2.13. The van der Waals surface area contributed by atoms with Crippen LogP contribution in [0.1, 0.15) is 34.1 Å². The monoisotopic (exact) mass is 293 g/mol. The van der Waals surface area contributed by atoms with Gasteiger partial charge < -0.3 is 10.1 Å². The van der Waals surface area contributed by atoms with Crippen molar-refractivity contribution in [2.45, 2.75) is 38.9 Å². The van der Waals surface area contributed by atoms with Crippen molar-refractivity contribution in [2.24, 2.45) is 11.3 Å². The maximum Gasteiger partial charge on any atom is 0.220 e. The van der Waals surface area contributed by atoms with Gasteiger partial charge in [0.25, 0.3) is 0 Å². The summed E-state index contributed by atoms with van der Waals surface area (Å²) in [5, 5.41) is 2.90. The van der Waals surface area contributed by atoms with Crippen LogP contribution in [0.25, 0.3) is 0 Å². The fourth-order valence-electron chi connectivity index (χ4n) is 1.12. The van der Waals surface area contributed by atoms with Crippen molar-refractivity contribution in [1.82, 2.24) is 5.32 Å². The molecule has 0 saturated heterocycles. The van der Waals surface area contributed by atoms with E-state index in [9.17, 15) is 4.79 Å². The lowest BCUT2D eigenvalue weighted by Crippen LogP contribution is -2.34. The van der Waals surface area contributed by atoms with E-state index < -0.39 is 0 Å². The van der Waals surface area contributed by atoms with Gasteiger partial charge in [0.15, 0.2) is 0 Å². The van der Waals surface area contributed by atoms with Crippen molar-refractivity contribution in [3.05, 3.63) is 0 Å². The van der Waals surface area contributed by atoms with Crippen molar-refractivity contribution in [1.29, 1.82) is 0 Å². The summed E-state index contributed by atoms with van der Waals surface area (Å²) >= 11 is 3.43. The number of methoxy groups -OCH3 is 1. The van der Waals surface area contributed by atoms with Gasteiger partial charge in [-0.25, -0.2) is 0 Å². The Kier molecular flexibility index (Phi) is 7.24. The van der Waals surface area contributed by atoms with E-state index in [1.54, 1.807) is 7.11 Å². The summed E-state index contributed by atoms with van der Waals surface area (Å²) in [6, 6.07) is 0. The number of rotatable bonds is 6. The lowest BCUT2D eigenvalue weighted by molar-refractivity contribution is -0.122. The Morgan fingerprint density at radius 1 is 1.44 bits per heavy atom. The smallest absolute Gasteiger partial charge is 0.220 e. The van der Waals surface area contributed by atoms with Crippen LogP contribution in [0, 0.1) is 11.3 Å². The predicted octanol–water partition coefficient (Wildman–Crippen LogP) is 2.58. The van der Waals surface area contributed by atoms with Gasteiger partial charge in [-0.05, 0) is 11.3 Å². The summed E-state index contributed by atoms with van der Waals surface area (Å²) in [4.78, 5) is 11.8. The summed E-state index contributed by atoms with van der Waals surface area (Å²) in [6.45, 7) is 9.80. The Morgan fingerprint density at radius 2 is 2.00 bits per heavy atom. The van der Waals surface area contributed by atoms with E-state index in [1.807, 2.05) is 0 Å². The van der Waals surface area contributed by atoms with Crippen LogP contribution < -0.4 is 5.32 Å². The van der Waals surface area contributed by atoms with Crippen molar-refractivity contribution in [2.75, 3.05) is 20.3 Å². The minimum absolute atomic E-state index is 0.114. The lowest BCUT2D eigenvalue weighted by Gasteiger charge is -2.26. The Bertz CT molecular complexity index is 214. The Hall–Kier alpha value is -0.0900. The summed E-state index contributed by atoms with van der Waals surface area (Å²) in [5.41, 5.74) is 0.178. The maximum absolute atomic E-state index is 11.6. The highest BCUT2D eigenvalue weighted by atomic mass is 79.9. The van der Waals surface area contributed by atoms with Gasteiger partial charge in [-0.2, -0.15) is 0 Å². The number of halogens is 1. The number of ether oxygens (including phenoxy) is 1. The second kappa shape index (κ2) is 7.28. The number of carbonyl (C=O) groups excluding carboxylic acids is 1. The highest BCUT2D eigenvalue weighted by molar-refractivity contribution is 9.09. The van der Waals surface area contributed by atoms with Crippen molar-refractivity contribution >= 4 is 21.8 Å². The molecule has 1 amide bonds. The van der Waals surface area contributed by atoms with Gasteiger partial charge in [0, 0.05) is 20.1 Å². The first-order chi connectivity index (χ1) is 7.27. The largest absolute Gasteiger partial charge is 0.383 e. The molecule has 0 aliphatic rings. The molecule has 0 aliphatic heterocycles. The zero-order valence-electron chi connectivity index (χ0n) is 11.0. The van der Waals surface area contributed by atoms with Crippen molar-refractivity contribution in [3.63, 3.8) is 0 Å². The minimum Gasteiger partial charge on any atom is -0.383 e. The number of nitrogens with one attached hydrogen (secondary N) is 1. The van der Waals surface area contributed by atoms with Crippen LogP contribution in [-0.2, 0) is 9.53 Å². The molecule has 0 heterocycles. The third kappa shape index (κ3) is 7.23. The molecular weight excluding hydrogens is 270 g/mol. The fraction of sp³-hybridized carbons (Fsp3) is 0.917. The number of carbonyl (C=O) groups is 1. The molecule has 1 N–H and O–H groups in total. The normalized spacial score (nSPS) is 15.6. The van der Waals surface area contributed by atoms with Gasteiger partial charge in [0.1, 0.15) is 0 Å². The molecule has 0 bridgehead atoms. The third-order valence-electron chi connectivity index (χ3n) is 2.84. The second-order valence-electron chi connectivity index (χ2n) is 5.33. The van der Waals surface area contributed by atoms with Gasteiger partial charge >= 0.3 is 0 Å². The number of alkyl halides is 1. The van der Waals surface area contributed by atoms with Gasteiger partial charge in [0.05, 0.1) is 11.4 Å². The first-order valence-corrected chi connectivity index (χ1v) is 6.58. The van der Waals surface area contributed by atoms with E-state index >= 15 is 0 Å². The Balaban J connectivity index is 3.83. The molecule has 2 atom stereocenters.